The molecule has 0 spiro atoms. The molecule has 0 amide bonds. The van der Waals surface area contributed by atoms with E-state index in [-0.39, 0.29) is 29.2 Å². The molecular formula is C21H19F2N3O3. The predicted octanol–water partition coefficient (Wildman–Crippen LogP) is 4.53. The number of fused-ring (bicyclic) bond motifs is 5. The lowest BCUT2D eigenvalue weighted by Crippen LogP contribution is -2.27. The Kier molecular flexibility index (Phi) is 3.72. The summed E-state index contributed by atoms with van der Waals surface area (Å²) in [5.74, 6) is -1.38. The zero-order chi connectivity index (χ0) is 20.5. The summed E-state index contributed by atoms with van der Waals surface area (Å²) in [6.07, 6.45) is 4.36. The van der Waals surface area contributed by atoms with Gasteiger partial charge in [0.1, 0.15) is 22.7 Å². The smallest absolute Gasteiger partial charge is 0.316 e. The third-order valence-electron chi connectivity index (χ3n) is 6.18. The van der Waals surface area contributed by atoms with E-state index in [9.17, 15) is 18.7 Å². The summed E-state index contributed by atoms with van der Waals surface area (Å²) in [6.45, 7) is 3.08. The first-order chi connectivity index (χ1) is 13.8. The van der Waals surface area contributed by atoms with E-state index in [2.05, 4.69) is 10.1 Å². The molecule has 2 bridgehead atoms. The Hall–Kier alpha value is -3.03. The molecule has 2 aliphatic carbocycles. The number of halogens is 2. The molecule has 0 radical (unpaired) electrons. The van der Waals surface area contributed by atoms with E-state index in [4.69, 9.17) is 4.42 Å². The third kappa shape index (κ3) is 2.54. The lowest BCUT2D eigenvalue weighted by atomic mass is 9.91. The van der Waals surface area contributed by atoms with Crippen molar-refractivity contribution in [1.82, 2.24) is 14.8 Å². The second kappa shape index (κ2) is 5.98. The van der Waals surface area contributed by atoms with Crippen molar-refractivity contribution in [2.75, 3.05) is 0 Å². The Morgan fingerprint density at radius 2 is 2.03 bits per heavy atom. The number of carboxylic acids is 1. The molecule has 5 rings (SSSR count). The third-order valence-corrected chi connectivity index (χ3v) is 6.18. The fraction of sp³-hybridized carbons (Fsp3) is 0.381. The highest BCUT2D eigenvalue weighted by Gasteiger charge is 2.44. The van der Waals surface area contributed by atoms with Crippen molar-refractivity contribution >= 4 is 5.97 Å². The summed E-state index contributed by atoms with van der Waals surface area (Å²) in [5.41, 5.74) is 1.34. The molecule has 1 N–H and O–H groups in total. The number of oxazole rings is 1. The minimum absolute atomic E-state index is 0.180. The first kappa shape index (κ1) is 18.0. The van der Waals surface area contributed by atoms with Crippen molar-refractivity contribution in [1.29, 1.82) is 0 Å². The van der Waals surface area contributed by atoms with Crippen LogP contribution in [0.4, 0.5) is 8.78 Å². The van der Waals surface area contributed by atoms with E-state index in [1.807, 2.05) is 0 Å². The zero-order valence-corrected chi connectivity index (χ0v) is 15.9. The lowest BCUT2D eigenvalue weighted by Gasteiger charge is -2.14. The van der Waals surface area contributed by atoms with Gasteiger partial charge in [0.25, 0.3) is 0 Å². The minimum atomic E-state index is -1.24. The largest absolute Gasteiger partial charge is 0.481 e. The van der Waals surface area contributed by atoms with Gasteiger partial charge >= 0.3 is 5.97 Å². The van der Waals surface area contributed by atoms with Crippen LogP contribution in [0.1, 0.15) is 62.0 Å². The maximum atomic E-state index is 14.5. The fourth-order valence-corrected chi connectivity index (χ4v) is 4.50. The van der Waals surface area contributed by atoms with Gasteiger partial charge in [0.15, 0.2) is 11.5 Å². The van der Waals surface area contributed by atoms with Crippen molar-refractivity contribution < 1.29 is 23.1 Å². The second-order valence-electron chi connectivity index (χ2n) is 8.32. The summed E-state index contributed by atoms with van der Waals surface area (Å²) in [7, 11) is 0. The SMILES string of the molecule is CC(C)(C(=O)O)c1cnc(-c2nn(-c3ccc(F)cc3F)c3c2[C@H]2CC[C@H]3C2)o1. The van der Waals surface area contributed by atoms with Crippen molar-refractivity contribution in [3.8, 4) is 17.3 Å². The summed E-state index contributed by atoms with van der Waals surface area (Å²) in [5, 5.41) is 14.0. The highest BCUT2D eigenvalue weighted by atomic mass is 19.1. The van der Waals surface area contributed by atoms with Gasteiger partial charge in [0, 0.05) is 17.5 Å². The van der Waals surface area contributed by atoms with Crippen molar-refractivity contribution in [2.24, 2.45) is 0 Å². The van der Waals surface area contributed by atoms with Gasteiger partial charge in [0.05, 0.1) is 11.9 Å². The Labute approximate surface area is 165 Å². The maximum absolute atomic E-state index is 14.5. The molecule has 6 nitrogen and oxygen atoms in total. The van der Waals surface area contributed by atoms with Crippen LogP contribution in [-0.2, 0) is 10.2 Å². The first-order valence-electron chi connectivity index (χ1n) is 9.55. The van der Waals surface area contributed by atoms with Gasteiger partial charge < -0.3 is 9.52 Å². The summed E-state index contributed by atoms with van der Waals surface area (Å²) >= 11 is 0. The van der Waals surface area contributed by atoms with Crippen LogP contribution in [0.15, 0.2) is 28.8 Å². The first-order valence-corrected chi connectivity index (χ1v) is 9.55. The van der Waals surface area contributed by atoms with E-state index in [0.717, 1.165) is 36.6 Å². The predicted molar refractivity (Wildman–Crippen MR) is 99.0 cm³/mol. The van der Waals surface area contributed by atoms with Crippen LogP contribution >= 0.6 is 0 Å². The van der Waals surface area contributed by atoms with E-state index < -0.39 is 23.0 Å². The molecular weight excluding hydrogens is 380 g/mol. The number of hydrogen-bond donors (Lipinski definition) is 1. The van der Waals surface area contributed by atoms with Gasteiger partial charge in [-0.15, -0.1) is 0 Å². The molecule has 0 saturated heterocycles. The number of aliphatic carboxylic acids is 1. The monoisotopic (exact) mass is 399 g/mol. The van der Waals surface area contributed by atoms with Crippen LogP contribution in [0.2, 0.25) is 0 Å². The van der Waals surface area contributed by atoms with Crippen LogP contribution < -0.4 is 0 Å². The molecule has 0 unspecified atom stereocenters. The lowest BCUT2D eigenvalue weighted by molar-refractivity contribution is -0.143. The molecule has 2 aliphatic rings. The van der Waals surface area contributed by atoms with Gasteiger partial charge in [-0.3, -0.25) is 4.79 Å². The average molecular weight is 399 g/mol. The van der Waals surface area contributed by atoms with Crippen LogP contribution in [0, 0.1) is 11.6 Å². The Bertz CT molecular complexity index is 1150. The van der Waals surface area contributed by atoms with Crippen LogP contribution in [0.5, 0.6) is 0 Å². The van der Waals surface area contributed by atoms with Crippen molar-refractivity contribution in [3.63, 3.8) is 0 Å². The molecule has 2 aromatic heterocycles. The number of benzene rings is 1. The highest BCUT2D eigenvalue weighted by Crippen LogP contribution is 2.56. The summed E-state index contributed by atoms with van der Waals surface area (Å²) < 4.78 is 35.2. The van der Waals surface area contributed by atoms with E-state index in [0.29, 0.717) is 5.69 Å². The standard InChI is InChI=1S/C21H19F2N3O3/c1-21(2,20(27)28)15-9-24-19(29-15)17-16-10-3-4-11(7-10)18(16)26(25-17)14-6-5-12(22)8-13(14)23/h5-6,8-11H,3-4,7H2,1-2H3,(H,27,28)/t10-,11-/m0/s1. The molecule has 3 aromatic rings. The van der Waals surface area contributed by atoms with Gasteiger partial charge in [-0.1, -0.05) is 0 Å². The van der Waals surface area contributed by atoms with Crippen LogP contribution in [0.25, 0.3) is 17.3 Å². The van der Waals surface area contributed by atoms with Gasteiger partial charge in [-0.2, -0.15) is 5.10 Å². The molecule has 1 fully saturated rings. The van der Waals surface area contributed by atoms with Gasteiger partial charge in [-0.05, 0) is 51.2 Å². The maximum Gasteiger partial charge on any atom is 0.316 e. The van der Waals surface area contributed by atoms with Crippen molar-refractivity contribution in [2.45, 2.75) is 50.4 Å². The average Bonchev–Trinajstić information content (AvgIpc) is 3.42. The molecule has 1 saturated carbocycles. The number of aromatic nitrogens is 3. The quantitative estimate of drug-likeness (QED) is 0.697. The second-order valence-corrected chi connectivity index (χ2v) is 8.32. The van der Waals surface area contributed by atoms with Crippen LogP contribution in [-0.4, -0.2) is 25.8 Å². The molecule has 29 heavy (non-hydrogen) atoms. The molecule has 2 atom stereocenters. The van der Waals surface area contributed by atoms with Crippen LogP contribution in [0.3, 0.4) is 0 Å². The number of rotatable bonds is 4. The topological polar surface area (TPSA) is 81.1 Å². The Balaban J connectivity index is 1.67. The molecule has 150 valence electrons. The highest BCUT2D eigenvalue weighted by molar-refractivity contribution is 5.79. The fourth-order valence-electron chi connectivity index (χ4n) is 4.50. The summed E-state index contributed by atoms with van der Waals surface area (Å²) in [4.78, 5) is 15.8. The summed E-state index contributed by atoms with van der Waals surface area (Å²) in [6, 6.07) is 3.43. The Morgan fingerprint density at radius 1 is 1.28 bits per heavy atom. The number of nitrogens with zero attached hydrogens (tertiary/aromatic N) is 3. The molecule has 1 aromatic carbocycles. The molecule has 2 heterocycles. The Morgan fingerprint density at radius 3 is 2.76 bits per heavy atom. The zero-order valence-electron chi connectivity index (χ0n) is 15.9. The van der Waals surface area contributed by atoms with E-state index >= 15 is 0 Å². The number of carbonyl (C=O) groups is 1. The molecule has 0 aliphatic heterocycles. The number of carboxylic acid groups (broad SMARTS) is 1. The molecule has 8 heteroatoms. The number of hydrogen-bond acceptors (Lipinski definition) is 4. The van der Waals surface area contributed by atoms with Crippen molar-refractivity contribution in [3.05, 3.63) is 53.0 Å². The van der Waals surface area contributed by atoms with E-state index in [1.54, 1.807) is 13.8 Å². The van der Waals surface area contributed by atoms with E-state index in [1.165, 1.54) is 23.0 Å². The normalized spacial score (nSPS) is 20.3. The van der Waals surface area contributed by atoms with Gasteiger partial charge in [-0.25, -0.2) is 18.4 Å². The minimum Gasteiger partial charge on any atom is -0.481 e. The van der Waals surface area contributed by atoms with Gasteiger partial charge in [0.2, 0.25) is 5.89 Å².